The molecule has 1 atom stereocenters. The van der Waals surface area contributed by atoms with Gasteiger partial charge in [0.2, 0.25) is 5.29 Å². The average Bonchev–Trinajstić information content (AvgIpc) is 2.02. The van der Waals surface area contributed by atoms with Crippen molar-refractivity contribution in [3.05, 3.63) is 21.8 Å². The zero-order valence-electron chi connectivity index (χ0n) is 6.37. The van der Waals surface area contributed by atoms with Gasteiger partial charge in [0.05, 0.1) is 5.71 Å². The number of amidine groups is 1. The summed E-state index contributed by atoms with van der Waals surface area (Å²) in [6.45, 7) is 0. The first-order valence-corrected chi connectivity index (χ1v) is 5.04. The van der Waals surface area contributed by atoms with Crippen molar-refractivity contribution in [3.63, 3.8) is 0 Å². The molecule has 0 aromatic heterocycles. The Bertz CT molecular complexity index is 395. The van der Waals surface area contributed by atoms with Gasteiger partial charge in [0.15, 0.2) is 0 Å². The van der Waals surface area contributed by atoms with Crippen molar-refractivity contribution in [2.45, 2.75) is 0 Å². The van der Waals surface area contributed by atoms with Crippen LogP contribution in [0.5, 0.6) is 0 Å². The standard InChI is InChI=1S/C8H4ClIN2O/c9-8-11-6-3-4(10)1-2-5(6)7(13)12-8/h1-3,5H. The van der Waals surface area contributed by atoms with E-state index < -0.39 is 0 Å². The van der Waals surface area contributed by atoms with Crippen LogP contribution < -0.4 is 0 Å². The lowest BCUT2D eigenvalue weighted by molar-refractivity contribution is -0.118. The van der Waals surface area contributed by atoms with Crippen molar-refractivity contribution in [2.75, 3.05) is 0 Å². The minimum atomic E-state index is -0.332. The zero-order chi connectivity index (χ0) is 9.42. The molecule has 0 fully saturated rings. The molecule has 1 amide bonds. The van der Waals surface area contributed by atoms with Crippen LogP contribution in [-0.2, 0) is 4.79 Å². The molecule has 1 heterocycles. The first kappa shape index (κ1) is 9.08. The molecular formula is C8H4ClIN2O. The number of allylic oxidation sites excluding steroid dienone is 3. The van der Waals surface area contributed by atoms with E-state index in [1.54, 1.807) is 6.08 Å². The number of rotatable bonds is 0. The van der Waals surface area contributed by atoms with Crippen LogP contribution in [0.2, 0.25) is 0 Å². The van der Waals surface area contributed by atoms with Crippen LogP contribution in [0.3, 0.4) is 0 Å². The smallest absolute Gasteiger partial charge is 0.261 e. The molecule has 0 aromatic rings. The summed E-state index contributed by atoms with van der Waals surface area (Å²) in [5.74, 6) is -0.576. The second kappa shape index (κ2) is 3.34. The lowest BCUT2D eigenvalue weighted by atomic mass is 9.97. The highest BCUT2D eigenvalue weighted by molar-refractivity contribution is 14.1. The molecule has 1 unspecified atom stereocenters. The molecule has 0 saturated carbocycles. The van der Waals surface area contributed by atoms with Crippen LogP contribution in [0, 0.1) is 5.92 Å². The van der Waals surface area contributed by atoms with Crippen molar-refractivity contribution >= 4 is 51.1 Å². The maximum absolute atomic E-state index is 11.3. The number of hydrogen-bond acceptors (Lipinski definition) is 2. The van der Waals surface area contributed by atoms with E-state index in [9.17, 15) is 4.79 Å². The largest absolute Gasteiger partial charge is 0.271 e. The number of hydrogen-bond donors (Lipinski definition) is 0. The second-order valence-electron chi connectivity index (χ2n) is 2.62. The van der Waals surface area contributed by atoms with E-state index in [0.29, 0.717) is 5.71 Å². The molecule has 0 saturated heterocycles. The van der Waals surface area contributed by atoms with Gasteiger partial charge in [-0.05, 0) is 40.3 Å². The number of amides is 1. The topological polar surface area (TPSA) is 41.8 Å². The number of carbonyl (C=O) groups excluding carboxylic acids is 1. The Balaban J connectivity index is 2.46. The maximum Gasteiger partial charge on any atom is 0.261 e. The highest BCUT2D eigenvalue weighted by Gasteiger charge is 2.26. The van der Waals surface area contributed by atoms with Crippen LogP contribution in [0.25, 0.3) is 0 Å². The number of aliphatic imine (C=N–C) groups is 2. The Morgan fingerprint density at radius 1 is 1.46 bits per heavy atom. The predicted octanol–water partition coefficient (Wildman–Crippen LogP) is 2.07. The first-order chi connectivity index (χ1) is 6.16. The van der Waals surface area contributed by atoms with Gasteiger partial charge in [-0.2, -0.15) is 4.99 Å². The van der Waals surface area contributed by atoms with E-state index in [-0.39, 0.29) is 17.1 Å². The number of carbonyl (C=O) groups is 1. The van der Waals surface area contributed by atoms with Gasteiger partial charge in [-0.3, -0.25) is 4.79 Å². The fourth-order valence-electron chi connectivity index (χ4n) is 1.17. The van der Waals surface area contributed by atoms with Gasteiger partial charge in [0, 0.05) is 3.58 Å². The zero-order valence-corrected chi connectivity index (χ0v) is 9.28. The van der Waals surface area contributed by atoms with Gasteiger partial charge >= 0.3 is 0 Å². The summed E-state index contributed by atoms with van der Waals surface area (Å²) in [4.78, 5) is 18.9. The normalized spacial score (nSPS) is 26.2. The summed E-state index contributed by atoms with van der Waals surface area (Å²) in [5.41, 5.74) is 0.678. The Morgan fingerprint density at radius 3 is 3.00 bits per heavy atom. The monoisotopic (exact) mass is 306 g/mol. The van der Waals surface area contributed by atoms with E-state index in [1.807, 2.05) is 12.2 Å². The molecule has 1 aliphatic heterocycles. The Hall–Kier alpha value is -0.490. The average molecular weight is 306 g/mol. The van der Waals surface area contributed by atoms with Gasteiger partial charge in [0.1, 0.15) is 5.92 Å². The van der Waals surface area contributed by atoms with Gasteiger partial charge in [-0.1, -0.05) is 12.2 Å². The van der Waals surface area contributed by atoms with Crippen molar-refractivity contribution in [1.82, 2.24) is 0 Å². The Kier molecular flexibility index (Phi) is 2.33. The van der Waals surface area contributed by atoms with Crippen LogP contribution >= 0.6 is 34.2 Å². The van der Waals surface area contributed by atoms with Gasteiger partial charge in [0.25, 0.3) is 5.91 Å². The molecule has 5 heteroatoms. The van der Waals surface area contributed by atoms with Gasteiger partial charge in [-0.25, -0.2) is 4.99 Å². The van der Waals surface area contributed by atoms with Crippen LogP contribution in [-0.4, -0.2) is 16.9 Å². The summed E-state index contributed by atoms with van der Waals surface area (Å²) in [6.07, 6.45) is 5.49. The quantitative estimate of drug-likeness (QED) is 0.499. The first-order valence-electron chi connectivity index (χ1n) is 3.59. The summed E-state index contributed by atoms with van der Waals surface area (Å²) in [7, 11) is 0. The van der Waals surface area contributed by atoms with Crippen molar-refractivity contribution in [1.29, 1.82) is 0 Å². The lowest BCUT2D eigenvalue weighted by Crippen LogP contribution is -2.25. The molecule has 0 bridgehead atoms. The number of nitrogens with zero attached hydrogens (tertiary/aromatic N) is 2. The number of halogens is 2. The third-order valence-electron chi connectivity index (χ3n) is 1.74. The molecule has 0 aromatic carbocycles. The van der Waals surface area contributed by atoms with E-state index >= 15 is 0 Å². The third kappa shape index (κ3) is 1.73. The number of fused-ring (bicyclic) bond motifs is 1. The molecular weight excluding hydrogens is 302 g/mol. The highest BCUT2D eigenvalue weighted by Crippen LogP contribution is 2.22. The maximum atomic E-state index is 11.3. The second-order valence-corrected chi connectivity index (χ2v) is 4.21. The molecule has 2 rings (SSSR count). The molecule has 0 radical (unpaired) electrons. The van der Waals surface area contributed by atoms with E-state index in [0.717, 1.165) is 3.58 Å². The summed E-state index contributed by atoms with van der Waals surface area (Å²) in [5, 5.41) is 0.0204. The van der Waals surface area contributed by atoms with Crippen LogP contribution in [0.4, 0.5) is 0 Å². The minimum absolute atomic E-state index is 0.0204. The third-order valence-corrected chi connectivity index (χ3v) is 2.58. The fourth-order valence-corrected chi connectivity index (χ4v) is 1.88. The van der Waals surface area contributed by atoms with E-state index in [2.05, 4.69) is 32.6 Å². The van der Waals surface area contributed by atoms with Crippen molar-refractivity contribution in [2.24, 2.45) is 15.9 Å². The van der Waals surface area contributed by atoms with Crippen molar-refractivity contribution in [3.8, 4) is 0 Å². The van der Waals surface area contributed by atoms with Crippen LogP contribution in [0.15, 0.2) is 31.8 Å². The molecule has 1 aliphatic carbocycles. The molecule has 66 valence electrons. The van der Waals surface area contributed by atoms with E-state index in [1.165, 1.54) is 0 Å². The molecule has 0 N–H and O–H groups in total. The van der Waals surface area contributed by atoms with Gasteiger partial charge in [-0.15, -0.1) is 0 Å². The molecule has 3 nitrogen and oxygen atoms in total. The van der Waals surface area contributed by atoms with Gasteiger partial charge < -0.3 is 0 Å². The van der Waals surface area contributed by atoms with E-state index in [4.69, 9.17) is 11.6 Å². The SMILES string of the molecule is O=C1N=C(Cl)N=C2C=C(I)C=CC12. The summed E-state index contributed by atoms with van der Waals surface area (Å²) >= 11 is 7.72. The Morgan fingerprint density at radius 2 is 2.23 bits per heavy atom. The van der Waals surface area contributed by atoms with Crippen LogP contribution in [0.1, 0.15) is 0 Å². The molecule has 0 spiro atoms. The minimum Gasteiger partial charge on any atom is -0.271 e. The molecule has 13 heavy (non-hydrogen) atoms. The predicted molar refractivity (Wildman–Crippen MR) is 60.5 cm³/mol. The van der Waals surface area contributed by atoms with Crippen molar-refractivity contribution < 1.29 is 4.79 Å². The lowest BCUT2D eigenvalue weighted by Gasteiger charge is -2.16. The summed E-state index contributed by atoms with van der Waals surface area (Å²) < 4.78 is 1.03. The Labute approximate surface area is 93.4 Å². The molecule has 2 aliphatic rings. The summed E-state index contributed by atoms with van der Waals surface area (Å²) in [6, 6.07) is 0. The fraction of sp³-hybridized carbons (Fsp3) is 0.125. The highest BCUT2D eigenvalue weighted by atomic mass is 127.